The molecule has 0 aliphatic rings. The summed E-state index contributed by atoms with van der Waals surface area (Å²) in [7, 11) is 0. The predicted octanol–water partition coefficient (Wildman–Crippen LogP) is -2.21. The van der Waals surface area contributed by atoms with Gasteiger partial charge in [-0.25, -0.2) is 0 Å². The summed E-state index contributed by atoms with van der Waals surface area (Å²) in [6.45, 7) is 1.09. The molecular formula is C43H59N11O8. The number of benzene rings is 3. The SMILES string of the molecule is CCNC(N)=NCCCC[C@H](NC(=O)[C@H](Cc1ccccc1)NC(=O)[C@H](CO)NC(=O)[C@H](Cc1ccccc1)NC(=O)CNC(=O)CN)C(=O)N[C@@H](Cc1ccccc1)C(N)=O. The number of guanidine groups is 1. The van der Waals surface area contributed by atoms with E-state index >= 15 is 0 Å². The lowest BCUT2D eigenvalue weighted by molar-refractivity contribution is -0.135. The van der Waals surface area contributed by atoms with Crippen molar-refractivity contribution in [2.45, 2.75) is 75.7 Å². The number of unbranched alkanes of at least 4 members (excludes halogenated alkanes) is 1. The number of nitrogens with one attached hydrogen (secondary N) is 7. The number of hydrogen-bond acceptors (Lipinski definition) is 10. The van der Waals surface area contributed by atoms with Gasteiger partial charge in [-0.1, -0.05) is 91.0 Å². The van der Waals surface area contributed by atoms with E-state index in [2.05, 4.69) is 42.2 Å². The molecule has 19 nitrogen and oxygen atoms in total. The molecule has 3 rings (SSSR count). The van der Waals surface area contributed by atoms with Gasteiger partial charge in [0.1, 0.15) is 30.2 Å². The molecule has 7 amide bonds. The fourth-order valence-corrected chi connectivity index (χ4v) is 6.14. The first kappa shape index (κ1) is 49.5. The number of primary amides is 1. The number of aliphatic hydroxyl groups excluding tert-OH is 1. The zero-order valence-electron chi connectivity index (χ0n) is 34.8. The summed E-state index contributed by atoms with van der Waals surface area (Å²) in [4.78, 5) is 96.6. The molecule has 62 heavy (non-hydrogen) atoms. The van der Waals surface area contributed by atoms with Crippen LogP contribution in [0.5, 0.6) is 0 Å². The highest BCUT2D eigenvalue weighted by Crippen LogP contribution is 2.10. The molecule has 0 saturated heterocycles. The molecule has 5 atom stereocenters. The second-order valence-electron chi connectivity index (χ2n) is 14.3. The number of aliphatic hydroxyl groups is 1. The first-order valence-electron chi connectivity index (χ1n) is 20.4. The Balaban J connectivity index is 1.84. The molecule has 14 N–H and O–H groups in total. The minimum Gasteiger partial charge on any atom is -0.394 e. The summed E-state index contributed by atoms with van der Waals surface area (Å²) in [5.74, 6) is -5.04. The van der Waals surface area contributed by atoms with Gasteiger partial charge in [-0.15, -0.1) is 0 Å². The van der Waals surface area contributed by atoms with Crippen molar-refractivity contribution in [2.75, 3.05) is 32.8 Å². The Bertz CT molecular complexity index is 1940. The molecule has 0 fully saturated rings. The van der Waals surface area contributed by atoms with Crippen molar-refractivity contribution in [2.24, 2.45) is 22.2 Å². The van der Waals surface area contributed by atoms with Crippen molar-refractivity contribution in [3.8, 4) is 0 Å². The number of carbonyl (C=O) groups excluding carboxylic acids is 7. The number of aliphatic imine (C=N–C) groups is 1. The van der Waals surface area contributed by atoms with Crippen LogP contribution < -0.4 is 54.4 Å². The summed E-state index contributed by atoms with van der Waals surface area (Å²) in [5.41, 5.74) is 18.9. The molecule has 0 unspecified atom stereocenters. The molecule has 0 aliphatic heterocycles. The average molecular weight is 858 g/mol. The Morgan fingerprint density at radius 1 is 0.565 bits per heavy atom. The van der Waals surface area contributed by atoms with Gasteiger partial charge in [0.25, 0.3) is 0 Å². The predicted molar refractivity (Wildman–Crippen MR) is 232 cm³/mol. The van der Waals surface area contributed by atoms with Crippen molar-refractivity contribution >= 4 is 47.3 Å². The highest BCUT2D eigenvalue weighted by molar-refractivity contribution is 5.97. The Labute approximate surface area is 360 Å². The van der Waals surface area contributed by atoms with E-state index < -0.39 is 84.7 Å². The molecule has 0 saturated carbocycles. The van der Waals surface area contributed by atoms with Crippen LogP contribution in [0.1, 0.15) is 42.9 Å². The van der Waals surface area contributed by atoms with Gasteiger partial charge >= 0.3 is 0 Å². The van der Waals surface area contributed by atoms with Crippen molar-refractivity contribution in [3.05, 3.63) is 108 Å². The molecule has 0 aliphatic carbocycles. The minimum absolute atomic E-state index is 0.0111. The maximum atomic E-state index is 14.2. The van der Waals surface area contributed by atoms with Crippen molar-refractivity contribution in [3.63, 3.8) is 0 Å². The van der Waals surface area contributed by atoms with Crippen LogP contribution in [-0.2, 0) is 52.8 Å². The van der Waals surface area contributed by atoms with Crippen molar-refractivity contribution in [1.29, 1.82) is 0 Å². The lowest BCUT2D eigenvalue weighted by atomic mass is 10.0. The van der Waals surface area contributed by atoms with Gasteiger partial charge in [-0.3, -0.25) is 38.6 Å². The molecule has 0 aromatic heterocycles. The van der Waals surface area contributed by atoms with Crippen molar-refractivity contribution < 1.29 is 38.7 Å². The fraction of sp³-hybridized carbons (Fsp3) is 0.395. The summed E-state index contributed by atoms with van der Waals surface area (Å²) in [5, 5.41) is 28.6. The summed E-state index contributed by atoms with van der Waals surface area (Å²) in [6.07, 6.45) is 1.03. The number of amides is 7. The third-order valence-corrected chi connectivity index (χ3v) is 9.41. The number of carbonyl (C=O) groups is 7. The van der Waals surface area contributed by atoms with Crippen LogP contribution in [-0.4, -0.2) is 115 Å². The first-order chi connectivity index (χ1) is 29.8. The lowest BCUT2D eigenvalue weighted by Crippen LogP contribution is -2.60. The van der Waals surface area contributed by atoms with E-state index in [0.717, 1.165) is 5.56 Å². The maximum absolute atomic E-state index is 14.2. The number of hydrogen-bond donors (Lipinski definition) is 11. The van der Waals surface area contributed by atoms with E-state index in [-0.39, 0.29) is 38.2 Å². The molecule has 0 bridgehead atoms. The van der Waals surface area contributed by atoms with Crippen molar-refractivity contribution in [1.82, 2.24) is 37.2 Å². The van der Waals surface area contributed by atoms with E-state index in [1.54, 1.807) is 84.9 Å². The third-order valence-electron chi connectivity index (χ3n) is 9.41. The average Bonchev–Trinajstić information content (AvgIpc) is 3.27. The van der Waals surface area contributed by atoms with Gasteiger partial charge in [0, 0.05) is 32.4 Å². The molecule has 19 heteroatoms. The summed E-state index contributed by atoms with van der Waals surface area (Å²) in [6, 6.07) is 19.9. The first-order valence-corrected chi connectivity index (χ1v) is 20.4. The highest BCUT2D eigenvalue weighted by Gasteiger charge is 2.32. The van der Waals surface area contributed by atoms with E-state index in [0.29, 0.717) is 37.1 Å². The van der Waals surface area contributed by atoms with E-state index in [4.69, 9.17) is 17.2 Å². The van der Waals surface area contributed by atoms with Crippen LogP contribution >= 0.6 is 0 Å². The second-order valence-corrected chi connectivity index (χ2v) is 14.3. The van der Waals surface area contributed by atoms with Crippen LogP contribution in [0.25, 0.3) is 0 Å². The second kappa shape index (κ2) is 27.1. The zero-order chi connectivity index (χ0) is 45.3. The van der Waals surface area contributed by atoms with Gasteiger partial charge in [0.05, 0.1) is 19.7 Å². The standard InChI is InChI=1S/C43H59N11O8/c1-2-47-43(46)48-21-13-12-20-31(39(59)52-32(38(45)58)22-28-14-6-3-7-15-28)51-41(61)34(24-30-18-10-5-11-19-30)53-42(62)35(27-55)54-40(60)33(23-29-16-8-4-9-17-29)50-37(57)26-49-36(56)25-44/h3-11,14-19,31-35,55H,2,12-13,20-27,44H2,1H3,(H2,45,58)(H,49,56)(H,50,57)(H,51,61)(H,52,59)(H,53,62)(H,54,60)(H3,46,47,48)/t31-,32-,33-,34-,35-/m0/s1. The van der Waals surface area contributed by atoms with Gasteiger partial charge in [0.2, 0.25) is 41.4 Å². The monoisotopic (exact) mass is 857 g/mol. The van der Waals surface area contributed by atoms with Crippen LogP contribution in [0.4, 0.5) is 0 Å². The van der Waals surface area contributed by atoms with E-state index in [9.17, 15) is 38.7 Å². The number of nitrogens with two attached hydrogens (primary N) is 3. The summed E-state index contributed by atoms with van der Waals surface area (Å²) < 4.78 is 0. The van der Waals surface area contributed by atoms with Crippen LogP contribution in [0, 0.1) is 0 Å². The quantitative estimate of drug-likeness (QED) is 0.0234. The Hall–Kier alpha value is -6.86. The molecule has 0 spiro atoms. The zero-order valence-corrected chi connectivity index (χ0v) is 34.8. The number of rotatable bonds is 26. The third kappa shape index (κ3) is 18.2. The topological polar surface area (TPSA) is 314 Å². The smallest absolute Gasteiger partial charge is 0.245 e. The molecule has 3 aromatic rings. The Morgan fingerprint density at radius 3 is 1.48 bits per heavy atom. The fourth-order valence-electron chi connectivity index (χ4n) is 6.14. The Kier molecular flexibility index (Phi) is 21.6. The van der Waals surface area contributed by atoms with Gasteiger partial charge in [-0.2, -0.15) is 0 Å². The minimum atomic E-state index is -1.59. The van der Waals surface area contributed by atoms with E-state index in [1.807, 2.05) is 13.0 Å². The molecular weight excluding hydrogens is 799 g/mol. The molecule has 0 heterocycles. The molecule has 334 valence electrons. The van der Waals surface area contributed by atoms with Crippen LogP contribution in [0.15, 0.2) is 96.0 Å². The maximum Gasteiger partial charge on any atom is 0.245 e. The Morgan fingerprint density at radius 2 is 1.00 bits per heavy atom. The number of nitrogens with zero attached hydrogens (tertiary/aromatic N) is 1. The van der Waals surface area contributed by atoms with E-state index in [1.165, 1.54) is 0 Å². The summed E-state index contributed by atoms with van der Waals surface area (Å²) >= 11 is 0. The normalized spacial score (nSPS) is 13.5. The van der Waals surface area contributed by atoms with Crippen LogP contribution in [0.3, 0.4) is 0 Å². The van der Waals surface area contributed by atoms with Gasteiger partial charge < -0.3 is 59.5 Å². The highest BCUT2D eigenvalue weighted by atomic mass is 16.3. The largest absolute Gasteiger partial charge is 0.394 e. The van der Waals surface area contributed by atoms with Gasteiger partial charge in [-0.05, 0) is 42.9 Å². The van der Waals surface area contributed by atoms with Gasteiger partial charge in [0.15, 0.2) is 5.96 Å². The molecule has 0 radical (unpaired) electrons. The lowest BCUT2D eigenvalue weighted by Gasteiger charge is -2.27. The van der Waals surface area contributed by atoms with Crippen LogP contribution in [0.2, 0.25) is 0 Å². The molecule has 3 aromatic carbocycles.